The van der Waals surface area contributed by atoms with Gasteiger partial charge in [-0.2, -0.15) is 8.78 Å². The highest BCUT2D eigenvalue weighted by Gasteiger charge is 2.39. The van der Waals surface area contributed by atoms with E-state index >= 15 is 0 Å². The molecule has 2 saturated carbocycles. The fourth-order valence-electron chi connectivity index (χ4n) is 3.86. The molecule has 3 rings (SSSR count). The van der Waals surface area contributed by atoms with Gasteiger partial charge in [0.1, 0.15) is 0 Å². The number of rotatable bonds is 5. The molecule has 126 valence electrons. The van der Waals surface area contributed by atoms with Crippen LogP contribution in [0, 0.1) is 11.8 Å². The summed E-state index contributed by atoms with van der Waals surface area (Å²) in [5.74, 6) is 1.24. The van der Waals surface area contributed by atoms with Crippen molar-refractivity contribution in [1.29, 1.82) is 0 Å². The lowest BCUT2D eigenvalue weighted by Gasteiger charge is -2.20. The van der Waals surface area contributed by atoms with Gasteiger partial charge in [-0.3, -0.25) is 0 Å². The van der Waals surface area contributed by atoms with Crippen molar-refractivity contribution >= 4 is 6.03 Å². The van der Waals surface area contributed by atoms with E-state index in [-0.39, 0.29) is 24.5 Å². The molecule has 0 spiro atoms. The van der Waals surface area contributed by atoms with E-state index in [2.05, 4.69) is 20.4 Å². The number of nitrogens with zero attached hydrogens (tertiary/aromatic N) is 1. The van der Waals surface area contributed by atoms with Crippen LogP contribution >= 0.6 is 0 Å². The van der Waals surface area contributed by atoms with E-state index in [1.54, 1.807) is 6.07 Å². The van der Waals surface area contributed by atoms with Gasteiger partial charge in [0.05, 0.1) is 0 Å². The van der Waals surface area contributed by atoms with Crippen molar-refractivity contribution in [2.24, 2.45) is 11.8 Å². The van der Waals surface area contributed by atoms with Gasteiger partial charge in [0.25, 0.3) is 0 Å². The van der Waals surface area contributed by atoms with Crippen molar-refractivity contribution < 1.29 is 18.3 Å². The summed E-state index contributed by atoms with van der Waals surface area (Å²) >= 11 is 0. The van der Waals surface area contributed by atoms with Gasteiger partial charge in [-0.15, -0.1) is 0 Å². The first-order valence-electron chi connectivity index (χ1n) is 8.06. The lowest BCUT2D eigenvalue weighted by Crippen LogP contribution is -2.43. The minimum Gasteiger partial charge on any atom is -0.417 e. The van der Waals surface area contributed by atoms with Gasteiger partial charge in [0.15, 0.2) is 0 Å². The van der Waals surface area contributed by atoms with Gasteiger partial charge in [0, 0.05) is 24.8 Å². The summed E-state index contributed by atoms with van der Waals surface area (Å²) in [5, 5.41) is 5.82. The molecule has 0 aliphatic heterocycles. The van der Waals surface area contributed by atoms with Gasteiger partial charge in [-0.05, 0) is 42.7 Å². The summed E-state index contributed by atoms with van der Waals surface area (Å²) in [5.41, 5.74) is 0.663. The smallest absolute Gasteiger partial charge is 0.388 e. The number of nitrogens with one attached hydrogen (secondary N) is 2. The zero-order chi connectivity index (χ0) is 16.2. The molecule has 1 heterocycles. The molecule has 0 unspecified atom stereocenters. The number of pyridine rings is 1. The molecule has 0 radical (unpaired) electrons. The average molecular weight is 325 g/mol. The molecule has 1 aromatic heterocycles. The molecule has 1 aromatic rings. The maximum Gasteiger partial charge on any atom is 0.388 e. The minimum atomic E-state index is -2.91. The number of carbonyl (C=O) groups excluding carboxylic acids is 1. The molecule has 2 N–H and O–H groups in total. The van der Waals surface area contributed by atoms with Crippen molar-refractivity contribution in [3.63, 3.8) is 0 Å². The summed E-state index contributed by atoms with van der Waals surface area (Å²) in [6.45, 7) is -2.66. The van der Waals surface area contributed by atoms with Crippen molar-refractivity contribution in [2.45, 2.75) is 51.3 Å². The van der Waals surface area contributed by atoms with Gasteiger partial charge >= 0.3 is 12.6 Å². The van der Waals surface area contributed by atoms with Crippen LogP contribution in [0.2, 0.25) is 0 Å². The highest BCUT2D eigenvalue weighted by atomic mass is 19.3. The topological polar surface area (TPSA) is 63.2 Å². The zero-order valence-electron chi connectivity index (χ0n) is 12.8. The normalized spacial score (nSPS) is 26.1. The average Bonchev–Trinajstić information content (AvgIpc) is 3.10. The monoisotopic (exact) mass is 325 g/mol. The SMILES string of the molecule is O=C(NCc1ccnc(OC(F)F)c1)N[C@@H]1CC[C@H]2CCC[C@H]21. The third-order valence-electron chi connectivity index (χ3n) is 4.86. The van der Waals surface area contributed by atoms with Crippen LogP contribution in [0.5, 0.6) is 5.88 Å². The van der Waals surface area contributed by atoms with Gasteiger partial charge in [0.2, 0.25) is 5.88 Å². The molecule has 2 fully saturated rings. The number of alkyl halides is 2. The Morgan fingerprint density at radius 1 is 1.35 bits per heavy atom. The van der Waals surface area contributed by atoms with Crippen LogP contribution in [0.1, 0.15) is 37.7 Å². The number of hydrogen-bond acceptors (Lipinski definition) is 3. The molecule has 0 bridgehead atoms. The third kappa shape index (κ3) is 4.09. The zero-order valence-corrected chi connectivity index (χ0v) is 12.8. The Hall–Kier alpha value is -1.92. The number of aromatic nitrogens is 1. The molecule has 2 aliphatic rings. The number of hydrogen-bond donors (Lipinski definition) is 2. The van der Waals surface area contributed by atoms with Gasteiger partial charge in [-0.1, -0.05) is 12.8 Å². The van der Waals surface area contributed by atoms with E-state index in [1.165, 1.54) is 37.9 Å². The Kier molecular flexibility index (Phi) is 4.93. The van der Waals surface area contributed by atoms with E-state index < -0.39 is 6.61 Å². The predicted octanol–water partition coefficient (Wildman–Crippen LogP) is 3.06. The van der Waals surface area contributed by atoms with Crippen LogP contribution in [-0.4, -0.2) is 23.7 Å². The van der Waals surface area contributed by atoms with E-state index in [0.29, 0.717) is 11.5 Å². The predicted molar refractivity (Wildman–Crippen MR) is 80.1 cm³/mol. The van der Waals surface area contributed by atoms with Crippen LogP contribution in [0.25, 0.3) is 0 Å². The van der Waals surface area contributed by atoms with Crippen LogP contribution in [-0.2, 0) is 6.54 Å². The number of urea groups is 1. The Labute approximate surface area is 133 Å². The van der Waals surface area contributed by atoms with Crippen molar-refractivity contribution in [1.82, 2.24) is 15.6 Å². The summed E-state index contributed by atoms with van der Waals surface area (Å²) in [6, 6.07) is 3.10. The Morgan fingerprint density at radius 3 is 3.04 bits per heavy atom. The first-order valence-corrected chi connectivity index (χ1v) is 8.06. The molecule has 2 aliphatic carbocycles. The Bertz CT molecular complexity index is 556. The van der Waals surface area contributed by atoms with Crippen molar-refractivity contribution in [3.8, 4) is 5.88 Å². The summed E-state index contributed by atoms with van der Waals surface area (Å²) in [4.78, 5) is 15.7. The molecule has 5 nitrogen and oxygen atoms in total. The fourth-order valence-corrected chi connectivity index (χ4v) is 3.86. The second kappa shape index (κ2) is 7.10. The Morgan fingerprint density at radius 2 is 2.22 bits per heavy atom. The van der Waals surface area contributed by atoms with Crippen LogP contribution in [0.3, 0.4) is 0 Å². The fraction of sp³-hybridized carbons (Fsp3) is 0.625. The molecule has 0 saturated heterocycles. The number of halogens is 2. The first kappa shape index (κ1) is 16.0. The maximum atomic E-state index is 12.2. The highest BCUT2D eigenvalue weighted by Crippen LogP contribution is 2.43. The molecular weight excluding hydrogens is 304 g/mol. The number of amides is 2. The lowest BCUT2D eigenvalue weighted by molar-refractivity contribution is -0.0529. The van der Waals surface area contributed by atoms with Crippen LogP contribution < -0.4 is 15.4 Å². The van der Waals surface area contributed by atoms with Gasteiger partial charge < -0.3 is 15.4 Å². The van der Waals surface area contributed by atoms with E-state index in [4.69, 9.17) is 0 Å². The van der Waals surface area contributed by atoms with E-state index in [0.717, 1.165) is 12.3 Å². The second-order valence-electron chi connectivity index (χ2n) is 6.25. The van der Waals surface area contributed by atoms with E-state index in [9.17, 15) is 13.6 Å². The molecule has 0 aromatic carbocycles. The van der Waals surface area contributed by atoms with E-state index in [1.807, 2.05) is 0 Å². The van der Waals surface area contributed by atoms with Gasteiger partial charge in [-0.25, -0.2) is 9.78 Å². The summed E-state index contributed by atoms with van der Waals surface area (Å²) in [6.07, 6.45) is 7.38. The quantitative estimate of drug-likeness (QED) is 0.874. The molecule has 7 heteroatoms. The molecule has 3 atom stereocenters. The largest absolute Gasteiger partial charge is 0.417 e. The standard InChI is InChI=1S/C16H21F2N3O2/c17-15(18)23-14-8-10(6-7-19-14)9-20-16(22)21-13-5-4-11-2-1-3-12(11)13/h6-8,11-13,15H,1-5,9H2,(H2,20,21,22)/t11-,12-,13-/m1/s1. The third-order valence-corrected chi connectivity index (χ3v) is 4.86. The van der Waals surface area contributed by atoms with Crippen LogP contribution in [0.15, 0.2) is 18.3 Å². The molecule has 2 amide bonds. The highest BCUT2D eigenvalue weighted by molar-refractivity contribution is 5.74. The Balaban J connectivity index is 1.47. The molecule has 23 heavy (non-hydrogen) atoms. The summed E-state index contributed by atoms with van der Waals surface area (Å²) in [7, 11) is 0. The second-order valence-corrected chi connectivity index (χ2v) is 6.25. The lowest BCUT2D eigenvalue weighted by atomic mass is 9.98. The number of carbonyl (C=O) groups is 1. The summed E-state index contributed by atoms with van der Waals surface area (Å²) < 4.78 is 28.6. The molecular formula is C16H21F2N3O2. The first-order chi connectivity index (χ1) is 11.1. The van der Waals surface area contributed by atoms with Crippen molar-refractivity contribution in [2.75, 3.05) is 0 Å². The number of fused-ring (bicyclic) bond motifs is 1. The van der Waals surface area contributed by atoms with Crippen molar-refractivity contribution in [3.05, 3.63) is 23.9 Å². The van der Waals surface area contributed by atoms with Crippen LogP contribution in [0.4, 0.5) is 13.6 Å². The minimum absolute atomic E-state index is 0.149. The maximum absolute atomic E-state index is 12.2. The number of ether oxygens (including phenoxy) is 1.